The van der Waals surface area contributed by atoms with Crippen LogP contribution in [0.15, 0.2) is 46.0 Å². The van der Waals surface area contributed by atoms with Crippen LogP contribution < -0.4 is 14.9 Å². The molecule has 0 bridgehead atoms. The lowest BCUT2D eigenvalue weighted by Gasteiger charge is -2.27. The Morgan fingerprint density at radius 2 is 1.71 bits per heavy atom. The highest BCUT2D eigenvalue weighted by molar-refractivity contribution is 9.10. The van der Waals surface area contributed by atoms with E-state index in [1.807, 2.05) is 0 Å². The van der Waals surface area contributed by atoms with Crippen LogP contribution in [-0.4, -0.2) is 42.0 Å². The van der Waals surface area contributed by atoms with Gasteiger partial charge >= 0.3 is 24.1 Å². The second-order valence-corrected chi connectivity index (χ2v) is 7.42. The minimum absolute atomic E-state index is 0.00658. The molecule has 0 aliphatic heterocycles. The summed E-state index contributed by atoms with van der Waals surface area (Å²) in [7, 11) is 0. The van der Waals surface area contributed by atoms with Crippen molar-refractivity contribution in [3.05, 3.63) is 57.6 Å². The van der Waals surface area contributed by atoms with E-state index >= 15 is 0 Å². The van der Waals surface area contributed by atoms with Crippen molar-refractivity contribution >= 4 is 28.1 Å². The summed E-state index contributed by atoms with van der Waals surface area (Å²) in [6.07, 6.45) is -5.89. The molecule has 2 rings (SSSR count). The summed E-state index contributed by atoms with van der Waals surface area (Å²) in [5, 5.41) is 11.7. The van der Waals surface area contributed by atoms with Crippen molar-refractivity contribution in [2.75, 3.05) is 6.61 Å². The molecule has 0 aliphatic rings. The Bertz CT molecular complexity index is 1040. The van der Waals surface area contributed by atoms with Crippen LogP contribution in [-0.2, 0) is 6.61 Å². The fourth-order valence-electron chi connectivity index (χ4n) is 2.40. The third kappa shape index (κ3) is 6.30. The Labute approximate surface area is 196 Å². The summed E-state index contributed by atoms with van der Waals surface area (Å²) in [5.41, 5.74) is 1.23. The van der Waals surface area contributed by atoms with Gasteiger partial charge in [0.25, 0.3) is 0 Å². The van der Waals surface area contributed by atoms with Gasteiger partial charge in [0.2, 0.25) is 0 Å². The Kier molecular flexibility index (Phi) is 8.40. The highest BCUT2D eigenvalue weighted by Gasteiger charge is 2.73. The van der Waals surface area contributed by atoms with Gasteiger partial charge in [0.05, 0.1) is 22.9 Å². The smallest absolute Gasteiger partial charge is 0.462 e. The average Bonchev–Trinajstić information content (AvgIpc) is 2.72. The van der Waals surface area contributed by atoms with Crippen LogP contribution in [0, 0.1) is 0 Å². The summed E-state index contributed by atoms with van der Waals surface area (Å²) in [5.74, 6) is -7.19. The summed E-state index contributed by atoms with van der Waals surface area (Å²) in [4.78, 5) is 10.9. The Balaban J connectivity index is 2.20. The van der Waals surface area contributed by atoms with Crippen molar-refractivity contribution in [2.45, 2.75) is 31.7 Å². The van der Waals surface area contributed by atoms with Gasteiger partial charge in [-0.1, -0.05) is 12.1 Å². The topological polar surface area (TPSA) is 80.1 Å². The highest BCUT2D eigenvalue weighted by atomic mass is 79.9. The van der Waals surface area contributed by atoms with Gasteiger partial charge in [0.1, 0.15) is 6.61 Å². The molecule has 0 fully saturated rings. The lowest BCUT2D eigenvalue weighted by Crippen LogP contribution is -2.58. The number of hydrazone groups is 1. The molecule has 0 saturated heterocycles. The summed E-state index contributed by atoms with van der Waals surface area (Å²) < 4.78 is 100. The number of hydrogen-bond acceptors (Lipinski definition) is 5. The van der Waals surface area contributed by atoms with Gasteiger partial charge in [-0.3, -0.25) is 0 Å². The molecule has 2 aromatic carbocycles. The SMILES string of the molecule is CCOc1cc(/C=N/NC(F)(F)C(F)(F)C(F)(F)F)cc(Br)c1OCc1ccc(C(=O)O)cc1. The fraction of sp³-hybridized carbons (Fsp3) is 0.300. The number of carboxylic acid groups (broad SMARTS) is 1. The minimum Gasteiger partial charge on any atom is -0.490 e. The van der Waals surface area contributed by atoms with E-state index in [-0.39, 0.29) is 40.3 Å². The molecule has 6 nitrogen and oxygen atoms in total. The first-order valence-corrected chi connectivity index (χ1v) is 10.0. The molecule has 0 heterocycles. The predicted octanol–water partition coefficient (Wildman–Crippen LogP) is 5.84. The molecular formula is C20H16BrF7N2O4. The lowest BCUT2D eigenvalue weighted by molar-refractivity contribution is -0.361. The Morgan fingerprint density at radius 1 is 1.09 bits per heavy atom. The standard InChI is InChI=1S/C20H16BrF7N2O4/c1-2-33-15-8-12(9-29-30-20(27,28)18(22,23)19(24,25)26)7-14(21)16(15)34-10-11-3-5-13(6-4-11)17(31)32/h3-9,30H,2,10H2,1H3,(H,31,32)/b29-9+. The summed E-state index contributed by atoms with van der Waals surface area (Å²) in [6, 6.07) is 2.64. The van der Waals surface area contributed by atoms with Crippen molar-refractivity contribution in [2.24, 2.45) is 5.10 Å². The number of carboxylic acids is 1. The zero-order valence-electron chi connectivity index (χ0n) is 17.1. The van der Waals surface area contributed by atoms with Crippen LogP contribution in [0.3, 0.4) is 0 Å². The van der Waals surface area contributed by atoms with Gasteiger partial charge in [-0.2, -0.15) is 35.8 Å². The number of rotatable bonds is 10. The number of carbonyl (C=O) groups is 1. The zero-order chi connectivity index (χ0) is 25.7. The van der Waals surface area contributed by atoms with E-state index < -0.39 is 24.1 Å². The number of hydrogen-bond donors (Lipinski definition) is 2. The molecule has 0 aromatic heterocycles. The van der Waals surface area contributed by atoms with Crippen molar-refractivity contribution in [1.29, 1.82) is 0 Å². The van der Waals surface area contributed by atoms with Crippen LogP contribution in [0.5, 0.6) is 11.5 Å². The van der Waals surface area contributed by atoms with E-state index in [0.29, 0.717) is 17.2 Å². The van der Waals surface area contributed by atoms with E-state index in [1.54, 1.807) is 6.92 Å². The first kappa shape index (κ1) is 27.2. The van der Waals surface area contributed by atoms with E-state index in [2.05, 4.69) is 21.0 Å². The van der Waals surface area contributed by atoms with Crippen LogP contribution >= 0.6 is 15.9 Å². The lowest BCUT2D eigenvalue weighted by atomic mass is 10.1. The third-order valence-electron chi connectivity index (χ3n) is 4.08. The van der Waals surface area contributed by atoms with Gasteiger partial charge in [0, 0.05) is 0 Å². The second kappa shape index (κ2) is 10.5. The largest absolute Gasteiger partial charge is 0.490 e. The molecule has 14 heteroatoms. The maximum absolute atomic E-state index is 13.3. The van der Waals surface area contributed by atoms with E-state index in [1.165, 1.54) is 36.4 Å². The predicted molar refractivity (Wildman–Crippen MR) is 110 cm³/mol. The van der Waals surface area contributed by atoms with Crippen molar-refractivity contribution in [3.63, 3.8) is 0 Å². The second-order valence-electron chi connectivity index (χ2n) is 6.57. The molecular weight excluding hydrogens is 545 g/mol. The van der Waals surface area contributed by atoms with Gasteiger partial charge in [0.15, 0.2) is 11.5 Å². The molecule has 186 valence electrons. The highest BCUT2D eigenvalue weighted by Crippen LogP contribution is 2.45. The number of halogens is 8. The van der Waals surface area contributed by atoms with Crippen LogP contribution in [0.1, 0.15) is 28.4 Å². The first-order chi connectivity index (χ1) is 15.7. The van der Waals surface area contributed by atoms with Crippen LogP contribution in [0.4, 0.5) is 30.7 Å². The summed E-state index contributed by atoms with van der Waals surface area (Å²) >= 11 is 3.18. The number of nitrogens with zero attached hydrogens (tertiary/aromatic N) is 1. The molecule has 2 aromatic rings. The quantitative estimate of drug-likeness (QED) is 0.165. The molecule has 0 unspecified atom stereocenters. The summed E-state index contributed by atoms with van der Waals surface area (Å²) in [6.45, 7) is 1.77. The maximum atomic E-state index is 13.3. The minimum atomic E-state index is -6.49. The molecule has 0 atom stereocenters. The average molecular weight is 561 g/mol. The molecule has 0 amide bonds. The van der Waals surface area contributed by atoms with Crippen molar-refractivity contribution in [3.8, 4) is 11.5 Å². The van der Waals surface area contributed by atoms with Crippen LogP contribution in [0.25, 0.3) is 0 Å². The number of alkyl halides is 7. The van der Waals surface area contributed by atoms with Crippen LogP contribution in [0.2, 0.25) is 0 Å². The van der Waals surface area contributed by atoms with Gasteiger partial charge in [-0.25, -0.2) is 10.2 Å². The van der Waals surface area contributed by atoms with Crippen molar-refractivity contribution < 1.29 is 50.1 Å². The third-order valence-corrected chi connectivity index (χ3v) is 4.67. The van der Waals surface area contributed by atoms with Gasteiger partial charge < -0.3 is 14.6 Å². The molecule has 34 heavy (non-hydrogen) atoms. The van der Waals surface area contributed by atoms with Crippen molar-refractivity contribution in [1.82, 2.24) is 5.43 Å². The maximum Gasteiger partial charge on any atom is 0.462 e. The monoisotopic (exact) mass is 560 g/mol. The molecule has 0 radical (unpaired) electrons. The number of nitrogens with one attached hydrogen (secondary N) is 1. The Hall–Kier alpha value is -3.03. The van der Waals surface area contributed by atoms with Gasteiger partial charge in [-0.05, 0) is 58.2 Å². The van der Waals surface area contributed by atoms with Gasteiger partial charge in [-0.15, -0.1) is 0 Å². The van der Waals surface area contributed by atoms with E-state index in [9.17, 15) is 35.5 Å². The fourth-order valence-corrected chi connectivity index (χ4v) is 2.97. The number of ether oxygens (including phenoxy) is 2. The molecule has 0 saturated carbocycles. The first-order valence-electron chi connectivity index (χ1n) is 9.23. The van der Waals surface area contributed by atoms with E-state index in [4.69, 9.17) is 14.6 Å². The number of benzene rings is 2. The zero-order valence-corrected chi connectivity index (χ0v) is 18.7. The molecule has 0 spiro atoms. The Morgan fingerprint density at radius 3 is 2.24 bits per heavy atom. The van der Waals surface area contributed by atoms with E-state index in [0.717, 1.165) is 0 Å². The molecule has 2 N–H and O–H groups in total. The number of aromatic carboxylic acids is 1. The normalized spacial score (nSPS) is 12.6. The molecule has 0 aliphatic carbocycles.